The molecule has 0 unspecified atom stereocenters. The van der Waals surface area contributed by atoms with Gasteiger partial charge in [0.1, 0.15) is 16.4 Å². The van der Waals surface area contributed by atoms with E-state index in [9.17, 15) is 4.79 Å². The molecule has 0 bridgehead atoms. The van der Waals surface area contributed by atoms with Crippen molar-refractivity contribution >= 4 is 29.4 Å². The van der Waals surface area contributed by atoms with Crippen molar-refractivity contribution in [2.75, 3.05) is 11.9 Å². The molecular formula is C24H27N7O4S. The second-order valence-electron chi connectivity index (χ2n) is 8.06. The maximum absolute atomic E-state index is 13.0. The molecule has 0 saturated heterocycles. The zero-order valence-corrected chi connectivity index (χ0v) is 20.5. The number of amides is 1. The smallest absolute Gasteiger partial charge is 0.290 e. The van der Waals surface area contributed by atoms with Gasteiger partial charge in [-0.2, -0.15) is 10.2 Å². The van der Waals surface area contributed by atoms with Gasteiger partial charge in [-0.3, -0.25) is 24.4 Å². The van der Waals surface area contributed by atoms with E-state index in [-0.39, 0.29) is 18.4 Å². The summed E-state index contributed by atoms with van der Waals surface area (Å²) in [5.41, 5.74) is 3.20. The lowest BCUT2D eigenvalue weighted by atomic mass is 9.93. The number of carbonyl (C=O) groups excluding carboxylic acids is 1. The van der Waals surface area contributed by atoms with Gasteiger partial charge in [-0.15, -0.1) is 11.3 Å². The average molecular weight is 510 g/mol. The normalized spacial score (nSPS) is 17.1. The minimum atomic E-state index is -0.280. The number of hydrogen-bond donors (Lipinski definition) is 3. The first-order valence-electron chi connectivity index (χ1n) is 11.6. The van der Waals surface area contributed by atoms with Crippen molar-refractivity contribution in [2.24, 2.45) is 0 Å². The van der Waals surface area contributed by atoms with Crippen LogP contribution in [0.15, 0.2) is 48.4 Å². The first kappa shape index (κ1) is 25.2. The monoisotopic (exact) mass is 509 g/mol. The Labute approximate surface area is 211 Å². The summed E-state index contributed by atoms with van der Waals surface area (Å²) in [6, 6.07) is 5.94. The molecule has 0 aliphatic heterocycles. The Hall–Kier alpha value is -3.90. The van der Waals surface area contributed by atoms with Crippen LogP contribution in [0.25, 0.3) is 22.0 Å². The van der Waals surface area contributed by atoms with Crippen molar-refractivity contribution in [1.82, 2.24) is 29.9 Å². The standard InChI is InChI=1S/C23H25N7O2S.CH2O2/c1-2-32-17-8-6-16(7-9-17)30-13-19(21(29-30)18-5-3-4-10-24-18)27-22(31)20-14-33-23(28-20)15-11-25-26-12-15;2-1-3/h3-5,10-14,16-17H,2,6-9H2,1H3,(H,25,26)(H,27,31);1H,(H,2,3). The summed E-state index contributed by atoms with van der Waals surface area (Å²) in [5, 5.41) is 23.9. The van der Waals surface area contributed by atoms with E-state index in [4.69, 9.17) is 19.7 Å². The fourth-order valence-electron chi connectivity index (χ4n) is 4.14. The average Bonchev–Trinajstić information content (AvgIpc) is 3.66. The highest BCUT2D eigenvalue weighted by atomic mass is 32.1. The van der Waals surface area contributed by atoms with Crippen LogP contribution < -0.4 is 5.32 Å². The number of aromatic amines is 1. The molecule has 1 amide bonds. The molecule has 1 fully saturated rings. The molecule has 5 rings (SSSR count). The first-order chi connectivity index (χ1) is 17.6. The number of carbonyl (C=O) groups is 2. The van der Waals surface area contributed by atoms with E-state index in [1.54, 1.807) is 24.0 Å². The van der Waals surface area contributed by atoms with Crippen LogP contribution in [0.1, 0.15) is 49.1 Å². The number of hydrogen-bond acceptors (Lipinski definition) is 8. The van der Waals surface area contributed by atoms with Gasteiger partial charge in [-0.1, -0.05) is 6.07 Å². The van der Waals surface area contributed by atoms with Gasteiger partial charge < -0.3 is 15.2 Å². The third-order valence-electron chi connectivity index (χ3n) is 5.79. The predicted molar refractivity (Wildman–Crippen MR) is 135 cm³/mol. The third-order valence-corrected chi connectivity index (χ3v) is 6.68. The van der Waals surface area contributed by atoms with Crippen molar-refractivity contribution in [3.63, 3.8) is 0 Å². The van der Waals surface area contributed by atoms with Gasteiger partial charge in [0.2, 0.25) is 0 Å². The van der Waals surface area contributed by atoms with Crippen LogP contribution in [-0.4, -0.2) is 60.1 Å². The van der Waals surface area contributed by atoms with Crippen LogP contribution in [0.2, 0.25) is 0 Å². The second kappa shape index (κ2) is 12.2. The largest absolute Gasteiger partial charge is 0.483 e. The summed E-state index contributed by atoms with van der Waals surface area (Å²) in [6.45, 7) is 2.53. The molecule has 1 aliphatic rings. The Morgan fingerprint density at radius 3 is 2.81 bits per heavy atom. The Morgan fingerprint density at radius 1 is 1.33 bits per heavy atom. The molecule has 0 aromatic carbocycles. The van der Waals surface area contributed by atoms with Crippen LogP contribution in [0.5, 0.6) is 0 Å². The molecule has 1 aliphatic carbocycles. The fourth-order valence-corrected chi connectivity index (χ4v) is 4.92. The van der Waals surface area contributed by atoms with Crippen molar-refractivity contribution < 1.29 is 19.4 Å². The molecule has 36 heavy (non-hydrogen) atoms. The van der Waals surface area contributed by atoms with E-state index in [0.29, 0.717) is 28.9 Å². The lowest BCUT2D eigenvalue weighted by Gasteiger charge is -2.28. The molecule has 4 heterocycles. The molecule has 12 heteroatoms. The summed E-state index contributed by atoms with van der Waals surface area (Å²) in [7, 11) is 0. The highest BCUT2D eigenvalue weighted by Gasteiger charge is 2.25. The zero-order chi connectivity index (χ0) is 25.3. The molecule has 11 nitrogen and oxygen atoms in total. The number of thiazole rings is 1. The molecule has 0 radical (unpaired) electrons. The fraction of sp³-hybridized carbons (Fsp3) is 0.333. The number of rotatable bonds is 7. The zero-order valence-electron chi connectivity index (χ0n) is 19.7. The van der Waals surface area contributed by atoms with E-state index < -0.39 is 0 Å². The first-order valence-corrected chi connectivity index (χ1v) is 12.5. The van der Waals surface area contributed by atoms with Crippen molar-refractivity contribution in [3.8, 4) is 22.0 Å². The number of anilines is 1. The topological polar surface area (TPSA) is 148 Å². The van der Waals surface area contributed by atoms with Gasteiger partial charge >= 0.3 is 0 Å². The Kier molecular flexibility index (Phi) is 8.53. The number of nitrogens with one attached hydrogen (secondary N) is 2. The number of carboxylic acid groups (broad SMARTS) is 1. The minimum absolute atomic E-state index is 0.250. The molecule has 3 N–H and O–H groups in total. The van der Waals surface area contributed by atoms with Gasteiger partial charge in [-0.25, -0.2) is 4.98 Å². The molecular weight excluding hydrogens is 482 g/mol. The van der Waals surface area contributed by atoms with E-state index in [1.165, 1.54) is 11.3 Å². The second-order valence-corrected chi connectivity index (χ2v) is 8.91. The van der Waals surface area contributed by atoms with Crippen LogP contribution in [-0.2, 0) is 9.53 Å². The molecule has 188 valence electrons. The Morgan fingerprint density at radius 2 is 2.14 bits per heavy atom. The van der Waals surface area contributed by atoms with Gasteiger partial charge in [0.05, 0.1) is 29.7 Å². The minimum Gasteiger partial charge on any atom is -0.483 e. The van der Waals surface area contributed by atoms with Crippen LogP contribution in [0.3, 0.4) is 0 Å². The van der Waals surface area contributed by atoms with Crippen LogP contribution in [0, 0.1) is 0 Å². The van der Waals surface area contributed by atoms with Crippen LogP contribution >= 0.6 is 11.3 Å². The van der Waals surface area contributed by atoms with Crippen LogP contribution in [0.4, 0.5) is 5.69 Å². The summed E-state index contributed by atoms with van der Waals surface area (Å²) in [5.74, 6) is -0.280. The number of aromatic nitrogens is 6. The summed E-state index contributed by atoms with van der Waals surface area (Å²) in [6.07, 6.45) is 11.4. The number of nitrogens with zero attached hydrogens (tertiary/aromatic N) is 5. The Balaban J connectivity index is 0.000000967. The third kappa shape index (κ3) is 6.01. The highest BCUT2D eigenvalue weighted by molar-refractivity contribution is 7.13. The van der Waals surface area contributed by atoms with Gasteiger partial charge in [0.15, 0.2) is 0 Å². The maximum atomic E-state index is 13.0. The van der Waals surface area contributed by atoms with E-state index in [1.807, 2.05) is 36.0 Å². The van der Waals surface area contributed by atoms with Crippen molar-refractivity contribution in [3.05, 3.63) is 54.1 Å². The van der Waals surface area contributed by atoms with E-state index in [0.717, 1.165) is 42.9 Å². The van der Waals surface area contributed by atoms with Crippen molar-refractivity contribution in [1.29, 1.82) is 0 Å². The number of pyridine rings is 1. The quantitative estimate of drug-likeness (QED) is 0.313. The lowest BCUT2D eigenvalue weighted by Crippen LogP contribution is -2.24. The lowest BCUT2D eigenvalue weighted by molar-refractivity contribution is -0.122. The number of ether oxygens (including phenoxy) is 1. The molecule has 4 aromatic rings. The molecule has 1 saturated carbocycles. The summed E-state index contributed by atoms with van der Waals surface area (Å²) < 4.78 is 7.76. The highest BCUT2D eigenvalue weighted by Crippen LogP contribution is 2.33. The van der Waals surface area contributed by atoms with Gasteiger partial charge in [0.25, 0.3) is 12.4 Å². The predicted octanol–water partition coefficient (Wildman–Crippen LogP) is 4.27. The van der Waals surface area contributed by atoms with E-state index >= 15 is 0 Å². The summed E-state index contributed by atoms with van der Waals surface area (Å²) >= 11 is 1.40. The number of H-pyrrole nitrogens is 1. The molecule has 4 aromatic heterocycles. The maximum Gasteiger partial charge on any atom is 0.290 e. The molecule has 0 spiro atoms. The van der Waals surface area contributed by atoms with Gasteiger partial charge in [0, 0.05) is 36.1 Å². The molecule has 0 atom stereocenters. The Bertz CT molecular complexity index is 1250. The SMILES string of the molecule is CCOC1CCC(n2cc(NC(=O)c3csc(-c4cn[nH]c4)n3)c(-c3ccccn3)n2)CC1.O=CO. The summed E-state index contributed by atoms with van der Waals surface area (Å²) in [4.78, 5) is 30.3. The van der Waals surface area contributed by atoms with Gasteiger partial charge in [-0.05, 0) is 44.7 Å². The van der Waals surface area contributed by atoms with E-state index in [2.05, 4.69) is 25.5 Å². The van der Waals surface area contributed by atoms with Crippen molar-refractivity contribution in [2.45, 2.75) is 44.8 Å².